The molecule has 0 bridgehead atoms. The van der Waals surface area contributed by atoms with Gasteiger partial charge in [0.2, 0.25) is 28.1 Å². The van der Waals surface area contributed by atoms with Crippen LogP contribution in [0.3, 0.4) is 0 Å². The molecule has 0 fully saturated rings. The van der Waals surface area contributed by atoms with E-state index in [2.05, 4.69) is 103 Å². The average Bonchev–Trinajstić information content (AvgIpc) is 0.715. The van der Waals surface area contributed by atoms with Crippen LogP contribution in [0.25, 0.3) is 227 Å². The van der Waals surface area contributed by atoms with Crippen molar-refractivity contribution in [1.82, 2.24) is 49.8 Å². The number of benzene rings is 15. The van der Waals surface area contributed by atoms with Gasteiger partial charge in [-0.05, 0) is 80.8 Å². The highest BCUT2D eigenvalue weighted by molar-refractivity contribution is 6.38. The molecule has 0 aliphatic heterocycles. The molecule has 0 spiro atoms. The average molecular weight is 1600 g/mol. The zero-order valence-corrected chi connectivity index (χ0v) is 63.6. The SMILES string of the molecule is [C-]#[N+]c1c([N+]#[C-])c([N+]#[C-])c2c(c1C#N)c1nc(C#N)c(C#N)nc1c1ccc3ccccc3c12.[C-]#[N+]c1cc2c(cc1[N+]#[C-])c1c3ccccc3ccc1c1nc(C#N)c([N+]#[C-])nc21.[C-]#[N+]c1cc2c3nc(C#N)c(C#N)nc3c3ccc4ccccc4c3c2c([N+]#[C-])c1[N+]#[C-].[C-]#[N+]c1nc2c3nc(C#N)c(C#N)nc3c3ccc4ccccc4c3c2nc1[N+]#[C-]. The lowest BCUT2D eigenvalue weighted by molar-refractivity contribution is 1.20. The molecule has 0 amide bonds. The smallest absolute Gasteiger partial charge is 0.307 e. The molecular formula is C97H27N29. The fraction of sp³-hybridized carbons (Fsp3) is 0. The number of fused-ring (bicyclic) bond motifs is 32. The van der Waals surface area contributed by atoms with E-state index in [0.717, 1.165) is 59.2 Å². The van der Waals surface area contributed by atoms with Gasteiger partial charge in [-0.3, -0.25) is 38.8 Å². The molecule has 560 valence electrons. The molecule has 0 unspecified atom stereocenters. The molecule has 0 N–H and O–H groups in total. The van der Waals surface area contributed by atoms with Crippen molar-refractivity contribution in [2.24, 2.45) is 0 Å². The van der Waals surface area contributed by atoms with Crippen molar-refractivity contribution < 1.29 is 0 Å². The van der Waals surface area contributed by atoms with E-state index in [1.54, 1.807) is 18.2 Å². The first-order valence-corrected chi connectivity index (χ1v) is 36.4. The number of rotatable bonds is 0. The van der Waals surface area contributed by atoms with Gasteiger partial charge < -0.3 is 14.5 Å². The maximum Gasteiger partial charge on any atom is 0.307 e. The van der Waals surface area contributed by atoms with Crippen molar-refractivity contribution in [3.63, 3.8) is 0 Å². The molecule has 0 saturated heterocycles. The van der Waals surface area contributed by atoms with Gasteiger partial charge in [0.1, 0.15) is 59.0 Å². The fourth-order valence-electron chi connectivity index (χ4n) is 15.9. The molecule has 20 rings (SSSR count). The number of hydrogen-bond donors (Lipinski definition) is 0. The third-order valence-electron chi connectivity index (χ3n) is 21.0. The predicted molar refractivity (Wildman–Crippen MR) is 470 cm³/mol. The molecule has 0 aliphatic carbocycles. The van der Waals surface area contributed by atoms with Crippen LogP contribution < -0.4 is 0 Å². The Hall–Kier alpha value is -21.8. The Labute approximate surface area is 707 Å². The maximum atomic E-state index is 10.1. The van der Waals surface area contributed by atoms with E-state index in [1.165, 1.54) is 6.07 Å². The van der Waals surface area contributed by atoms with Gasteiger partial charge in [-0.1, -0.05) is 184 Å². The first-order chi connectivity index (χ1) is 61.7. The topological polar surface area (TPSA) is 367 Å². The van der Waals surface area contributed by atoms with Crippen LogP contribution in [0.2, 0.25) is 0 Å². The summed E-state index contributed by atoms with van der Waals surface area (Å²) in [6.45, 7) is 83.1. The van der Waals surface area contributed by atoms with Gasteiger partial charge in [-0.25, -0.2) is 34.9 Å². The van der Waals surface area contributed by atoms with E-state index in [4.69, 9.17) is 72.3 Å². The molecule has 0 saturated carbocycles. The summed E-state index contributed by atoms with van der Waals surface area (Å²) >= 11 is 0. The molecule has 5 heterocycles. The molecule has 126 heavy (non-hydrogen) atoms. The van der Waals surface area contributed by atoms with Crippen LogP contribution in [0, 0.1) is 163 Å². The zero-order chi connectivity index (χ0) is 88.0. The molecule has 0 aliphatic rings. The molecule has 5 aromatic heterocycles. The van der Waals surface area contributed by atoms with E-state index in [0.29, 0.717) is 87.0 Å². The lowest BCUT2D eigenvalue weighted by atomic mass is 9.90. The van der Waals surface area contributed by atoms with Gasteiger partial charge >= 0.3 is 5.82 Å². The van der Waals surface area contributed by atoms with Gasteiger partial charge in [0, 0.05) is 37.7 Å². The normalized spacial score (nSPS) is 10.4. The van der Waals surface area contributed by atoms with Crippen molar-refractivity contribution in [3.05, 3.63) is 335 Å². The largest absolute Gasteiger partial charge is 0.370 e. The third kappa shape index (κ3) is 11.6. The molecule has 20 aromatic rings. The summed E-state index contributed by atoms with van der Waals surface area (Å²) in [6, 6.07) is 65.9. The van der Waals surface area contributed by atoms with Crippen LogP contribution >= 0.6 is 0 Å². The Morgan fingerprint density at radius 3 is 0.929 bits per heavy atom. The van der Waals surface area contributed by atoms with Crippen LogP contribution in [0.15, 0.2) is 164 Å². The molecule has 0 atom stereocenters. The summed E-state index contributed by atoms with van der Waals surface area (Å²) < 4.78 is 0. The van der Waals surface area contributed by atoms with Gasteiger partial charge in [0.25, 0.3) is 11.6 Å². The lowest BCUT2D eigenvalue weighted by Gasteiger charge is -2.16. The van der Waals surface area contributed by atoms with E-state index in [1.807, 2.05) is 188 Å². The highest BCUT2D eigenvalue weighted by atomic mass is 15.0. The number of hydrogen-bond acceptors (Lipinski definition) is 18. The summed E-state index contributed by atoms with van der Waals surface area (Å²) in [5, 5.41) is 91.8. The van der Waals surface area contributed by atoms with Crippen molar-refractivity contribution in [2.45, 2.75) is 0 Å². The van der Waals surface area contributed by atoms with Crippen LogP contribution in [-0.4, -0.2) is 49.8 Å². The minimum atomic E-state index is -0.249. The van der Waals surface area contributed by atoms with Gasteiger partial charge in [0.05, 0.1) is 86.3 Å². The second-order valence-corrected chi connectivity index (χ2v) is 27.0. The maximum absolute atomic E-state index is 10.1. The zero-order valence-electron chi connectivity index (χ0n) is 63.6. The summed E-state index contributed by atoms with van der Waals surface area (Å²) in [7, 11) is 0. The minimum Gasteiger partial charge on any atom is -0.370 e. The summed E-state index contributed by atoms with van der Waals surface area (Å²) in [5.41, 5.74) is 2.39. The quantitative estimate of drug-likeness (QED) is 0.100. The monoisotopic (exact) mass is 1600 g/mol. The van der Waals surface area contributed by atoms with Gasteiger partial charge in [-0.2, -0.15) is 42.1 Å². The Balaban J connectivity index is 0.000000119. The number of nitrogens with zero attached hydrogens (tertiary/aromatic N) is 29. The predicted octanol–water partition coefficient (Wildman–Crippen LogP) is 24.2. The van der Waals surface area contributed by atoms with E-state index >= 15 is 0 Å². The Morgan fingerprint density at radius 1 is 0.190 bits per heavy atom. The lowest BCUT2D eigenvalue weighted by Crippen LogP contribution is -1.99. The van der Waals surface area contributed by atoms with Gasteiger partial charge in [-0.15, -0.1) is 15.0 Å². The molecule has 0 radical (unpaired) electrons. The van der Waals surface area contributed by atoms with E-state index < -0.39 is 0 Å². The molecular weight excluding hydrogens is 1570 g/mol. The summed E-state index contributed by atoms with van der Waals surface area (Å²) in [5.74, 6) is -0.332. The van der Waals surface area contributed by atoms with Crippen molar-refractivity contribution in [3.8, 4) is 48.6 Å². The highest BCUT2D eigenvalue weighted by Crippen LogP contribution is 2.54. The standard InChI is InChI=1S/C26H6N8.C25H7N7.C24H8N6.C22H6N8/c1-30-22-16(10-27)20-21(24(31-2)26(22)32-3)19-14-7-5-4-6-13(14)8-9-15(19)23-25(20)34-18(12-29)17(11-28)33-23;1-28-17-10-16-21(25(30-3)24(17)29-2)20-14-7-5-4-6-13(14)8-9-15(20)22-23(16)32-19(12-27)18(11-26)31-22;1-26-18-10-16-17(11-19(18)27-2)23-22(29-20(12-25)24(28-3)30-23)15-9-8-13-6-4-5-7-14(13)21(15)16;1-25-21-22(26-2)30-20-18(29-21)16-12-6-4-3-5-11(12)7-8-13(16)17-19(20)28-15(10-24)14(9-23)27-17/h4-9H;4-10H;4-11H;3-8H. The van der Waals surface area contributed by atoms with Crippen molar-refractivity contribution in [1.29, 1.82) is 42.1 Å². The van der Waals surface area contributed by atoms with Crippen LogP contribution in [0.1, 0.15) is 45.4 Å². The number of nitriles is 8. The third-order valence-corrected chi connectivity index (χ3v) is 21.0. The first-order valence-electron chi connectivity index (χ1n) is 36.4. The van der Waals surface area contributed by atoms with Crippen molar-refractivity contribution in [2.75, 3.05) is 0 Å². The Bertz CT molecular complexity index is 9330. The first kappa shape index (κ1) is 76.8. The van der Waals surface area contributed by atoms with Crippen LogP contribution in [0.5, 0.6) is 0 Å². The fourth-order valence-corrected chi connectivity index (χ4v) is 15.9. The van der Waals surface area contributed by atoms with Crippen LogP contribution in [0.4, 0.5) is 63.0 Å². The molecule has 15 aromatic carbocycles. The Kier molecular flexibility index (Phi) is 18.7. The van der Waals surface area contributed by atoms with Crippen LogP contribution in [-0.2, 0) is 0 Å². The van der Waals surface area contributed by atoms with Crippen molar-refractivity contribution >= 4 is 237 Å². The number of aromatic nitrogens is 10. The minimum absolute atomic E-state index is 0.0156. The molecule has 29 nitrogen and oxygen atoms in total. The van der Waals surface area contributed by atoms with Gasteiger partial charge in [0.15, 0.2) is 73.8 Å². The summed E-state index contributed by atoms with van der Waals surface area (Å²) in [4.78, 5) is 82.1. The highest BCUT2D eigenvalue weighted by Gasteiger charge is 2.31. The summed E-state index contributed by atoms with van der Waals surface area (Å²) in [6.07, 6.45) is 0. The second-order valence-electron chi connectivity index (χ2n) is 27.0. The molecule has 29 heteroatoms. The van der Waals surface area contributed by atoms with E-state index in [-0.39, 0.29) is 136 Å². The second kappa shape index (κ2) is 30.7. The Morgan fingerprint density at radius 2 is 0.500 bits per heavy atom. The van der Waals surface area contributed by atoms with E-state index in [9.17, 15) is 42.1 Å².